The number of nitriles is 1. The third kappa shape index (κ3) is 3.21. The van der Waals surface area contributed by atoms with E-state index in [1.54, 1.807) is 6.07 Å². The first-order valence-corrected chi connectivity index (χ1v) is 9.53. The molecule has 0 N–H and O–H groups in total. The molecule has 3 aromatic rings. The summed E-state index contributed by atoms with van der Waals surface area (Å²) in [4.78, 5) is 0. The van der Waals surface area contributed by atoms with E-state index in [4.69, 9.17) is 5.26 Å². The molecular formula is C24H21F2N. The van der Waals surface area contributed by atoms with Gasteiger partial charge in [-0.1, -0.05) is 43.7 Å². The summed E-state index contributed by atoms with van der Waals surface area (Å²) in [5.74, 6) is -0.609. The smallest absolute Gasteiger partial charge is 0.141 e. The number of nitrogens with zero attached hydrogens (tertiary/aromatic N) is 1. The largest absolute Gasteiger partial charge is 0.206 e. The molecular weight excluding hydrogens is 340 g/mol. The maximum atomic E-state index is 15.2. The fourth-order valence-corrected chi connectivity index (χ4v) is 4.25. The molecule has 0 radical (unpaired) electrons. The van der Waals surface area contributed by atoms with Gasteiger partial charge in [-0.3, -0.25) is 0 Å². The lowest BCUT2D eigenvalue weighted by Gasteiger charge is -2.26. The molecule has 4 rings (SSSR count). The summed E-state index contributed by atoms with van der Waals surface area (Å²) in [6.45, 7) is 2.14. The number of rotatable bonds is 3. The predicted octanol–water partition coefficient (Wildman–Crippen LogP) is 6.21. The van der Waals surface area contributed by atoms with Crippen LogP contribution in [0.25, 0.3) is 10.8 Å². The van der Waals surface area contributed by atoms with Crippen LogP contribution in [0.2, 0.25) is 0 Å². The van der Waals surface area contributed by atoms with Gasteiger partial charge in [0.1, 0.15) is 17.7 Å². The number of fused-ring (bicyclic) bond motifs is 2. The second-order valence-electron chi connectivity index (χ2n) is 7.43. The van der Waals surface area contributed by atoms with Crippen molar-refractivity contribution in [2.75, 3.05) is 0 Å². The normalized spacial score (nSPS) is 16.1. The predicted molar refractivity (Wildman–Crippen MR) is 104 cm³/mol. The quantitative estimate of drug-likeness (QED) is 0.544. The highest BCUT2D eigenvalue weighted by molar-refractivity contribution is 5.84. The van der Waals surface area contributed by atoms with Gasteiger partial charge in [0.15, 0.2) is 0 Å². The van der Waals surface area contributed by atoms with Gasteiger partial charge in [-0.05, 0) is 71.4 Å². The standard InChI is InChI=1S/C24H21F2N/c1-2-3-15-4-8-21-17(10-15)7-9-22(24(21)26)18-6-5-16-11-20(14-27)23(25)13-19(16)12-18/h4,7-11,13,18H,2-3,5-6,12H2,1H3. The van der Waals surface area contributed by atoms with Crippen LogP contribution in [0.1, 0.15) is 53.5 Å². The third-order valence-electron chi connectivity index (χ3n) is 5.67. The fourth-order valence-electron chi connectivity index (χ4n) is 4.25. The Morgan fingerprint density at radius 2 is 1.93 bits per heavy atom. The molecule has 27 heavy (non-hydrogen) atoms. The van der Waals surface area contributed by atoms with Crippen molar-refractivity contribution in [1.82, 2.24) is 0 Å². The molecule has 0 aliphatic heterocycles. The minimum atomic E-state index is -0.487. The highest BCUT2D eigenvalue weighted by Gasteiger charge is 2.24. The summed E-state index contributed by atoms with van der Waals surface area (Å²) < 4.78 is 29.2. The lowest BCUT2D eigenvalue weighted by Crippen LogP contribution is -2.15. The SMILES string of the molecule is CCCc1ccc2c(F)c(C3CCc4cc(C#N)c(F)cc4C3)ccc2c1. The number of hydrogen-bond acceptors (Lipinski definition) is 1. The summed E-state index contributed by atoms with van der Waals surface area (Å²) in [6, 6.07) is 14.9. The zero-order valence-electron chi connectivity index (χ0n) is 15.4. The summed E-state index contributed by atoms with van der Waals surface area (Å²) in [6.07, 6.45) is 4.21. The van der Waals surface area contributed by atoms with Crippen molar-refractivity contribution in [2.45, 2.75) is 44.9 Å². The molecule has 0 amide bonds. The number of hydrogen-bond donors (Lipinski definition) is 0. The van der Waals surface area contributed by atoms with Gasteiger partial charge in [-0.25, -0.2) is 8.78 Å². The Morgan fingerprint density at radius 3 is 2.70 bits per heavy atom. The van der Waals surface area contributed by atoms with Crippen LogP contribution in [-0.2, 0) is 19.3 Å². The maximum Gasteiger partial charge on any atom is 0.141 e. The van der Waals surface area contributed by atoms with E-state index in [0.29, 0.717) is 17.4 Å². The van der Waals surface area contributed by atoms with Crippen LogP contribution in [-0.4, -0.2) is 0 Å². The second-order valence-corrected chi connectivity index (χ2v) is 7.43. The molecule has 3 aromatic carbocycles. The molecule has 136 valence electrons. The summed E-state index contributed by atoms with van der Waals surface area (Å²) in [5.41, 5.74) is 3.93. The van der Waals surface area contributed by atoms with Crippen LogP contribution in [0.4, 0.5) is 8.78 Å². The molecule has 1 atom stereocenters. The van der Waals surface area contributed by atoms with E-state index < -0.39 is 5.82 Å². The molecule has 0 heterocycles. The zero-order chi connectivity index (χ0) is 19.0. The van der Waals surface area contributed by atoms with Crippen molar-refractivity contribution in [3.63, 3.8) is 0 Å². The van der Waals surface area contributed by atoms with Crippen LogP contribution in [0, 0.1) is 23.0 Å². The van der Waals surface area contributed by atoms with Crippen molar-refractivity contribution >= 4 is 10.8 Å². The molecule has 0 spiro atoms. The Balaban J connectivity index is 1.69. The van der Waals surface area contributed by atoms with Gasteiger partial charge < -0.3 is 0 Å². The van der Waals surface area contributed by atoms with Crippen molar-refractivity contribution < 1.29 is 8.78 Å². The molecule has 0 fully saturated rings. The fraction of sp³-hybridized carbons (Fsp3) is 0.292. The molecule has 1 aliphatic rings. The van der Waals surface area contributed by atoms with Crippen molar-refractivity contribution in [3.05, 3.63) is 81.9 Å². The lowest BCUT2D eigenvalue weighted by atomic mass is 9.79. The Kier molecular flexibility index (Phi) is 4.66. The molecule has 0 aromatic heterocycles. The maximum absolute atomic E-state index is 15.2. The molecule has 1 aliphatic carbocycles. The summed E-state index contributed by atoms with van der Waals surface area (Å²) >= 11 is 0. The van der Waals surface area contributed by atoms with Crippen LogP contribution in [0.15, 0.2) is 42.5 Å². The molecule has 0 saturated carbocycles. The monoisotopic (exact) mass is 361 g/mol. The van der Waals surface area contributed by atoms with Crippen LogP contribution < -0.4 is 0 Å². The van der Waals surface area contributed by atoms with E-state index in [-0.39, 0.29) is 17.3 Å². The first kappa shape index (κ1) is 17.7. The van der Waals surface area contributed by atoms with Gasteiger partial charge in [0.05, 0.1) is 5.56 Å². The average Bonchev–Trinajstić information content (AvgIpc) is 2.67. The summed E-state index contributed by atoms with van der Waals surface area (Å²) in [5, 5.41) is 10.6. The molecule has 0 bridgehead atoms. The Morgan fingerprint density at radius 1 is 1.07 bits per heavy atom. The van der Waals surface area contributed by atoms with E-state index in [1.165, 1.54) is 11.6 Å². The lowest BCUT2D eigenvalue weighted by molar-refractivity contribution is 0.535. The van der Waals surface area contributed by atoms with Crippen LogP contribution >= 0.6 is 0 Å². The number of benzene rings is 3. The summed E-state index contributed by atoms with van der Waals surface area (Å²) in [7, 11) is 0. The Labute approximate surface area is 158 Å². The van der Waals surface area contributed by atoms with Gasteiger partial charge in [0, 0.05) is 5.39 Å². The molecule has 0 saturated heterocycles. The van der Waals surface area contributed by atoms with Crippen molar-refractivity contribution in [2.24, 2.45) is 0 Å². The van der Waals surface area contributed by atoms with E-state index in [1.807, 2.05) is 30.3 Å². The third-order valence-corrected chi connectivity index (χ3v) is 5.67. The molecule has 1 unspecified atom stereocenters. The molecule has 3 heteroatoms. The van der Waals surface area contributed by atoms with E-state index >= 15 is 4.39 Å². The number of aryl methyl sites for hydroxylation is 2. The van der Waals surface area contributed by atoms with E-state index in [0.717, 1.165) is 42.2 Å². The van der Waals surface area contributed by atoms with Crippen LogP contribution in [0.5, 0.6) is 0 Å². The van der Waals surface area contributed by atoms with Gasteiger partial charge in [-0.2, -0.15) is 5.26 Å². The van der Waals surface area contributed by atoms with Crippen molar-refractivity contribution in [1.29, 1.82) is 5.26 Å². The Hall–Kier alpha value is -2.73. The van der Waals surface area contributed by atoms with E-state index in [2.05, 4.69) is 13.0 Å². The number of halogens is 2. The first-order chi connectivity index (χ1) is 13.1. The van der Waals surface area contributed by atoms with Gasteiger partial charge in [-0.15, -0.1) is 0 Å². The van der Waals surface area contributed by atoms with Crippen LogP contribution in [0.3, 0.4) is 0 Å². The highest BCUT2D eigenvalue weighted by Crippen LogP contribution is 2.37. The van der Waals surface area contributed by atoms with Gasteiger partial charge >= 0.3 is 0 Å². The average molecular weight is 361 g/mol. The first-order valence-electron chi connectivity index (χ1n) is 9.53. The second kappa shape index (κ2) is 7.12. The topological polar surface area (TPSA) is 23.8 Å². The van der Waals surface area contributed by atoms with Gasteiger partial charge in [0.2, 0.25) is 0 Å². The van der Waals surface area contributed by atoms with Crippen molar-refractivity contribution in [3.8, 4) is 6.07 Å². The Bertz CT molecular complexity index is 1060. The molecule has 1 nitrogen and oxygen atoms in total. The minimum Gasteiger partial charge on any atom is -0.206 e. The highest BCUT2D eigenvalue weighted by atomic mass is 19.1. The zero-order valence-corrected chi connectivity index (χ0v) is 15.4. The van der Waals surface area contributed by atoms with E-state index in [9.17, 15) is 4.39 Å². The minimum absolute atomic E-state index is 0.0320. The van der Waals surface area contributed by atoms with Gasteiger partial charge in [0.25, 0.3) is 0 Å².